The Bertz CT molecular complexity index is 652. The Kier molecular flexibility index (Phi) is 5.51. The van der Waals surface area contributed by atoms with Gasteiger partial charge in [0.1, 0.15) is 11.4 Å². The molecule has 0 amide bonds. The summed E-state index contributed by atoms with van der Waals surface area (Å²) in [7, 11) is -2.74. The highest BCUT2D eigenvalue weighted by atomic mass is 35.5. The van der Waals surface area contributed by atoms with Crippen molar-refractivity contribution >= 4 is 27.6 Å². The molecule has 0 aliphatic heterocycles. The number of benzene rings is 1. The Labute approximate surface area is 122 Å². The van der Waals surface area contributed by atoms with Crippen molar-refractivity contribution in [1.82, 2.24) is 4.31 Å². The van der Waals surface area contributed by atoms with Crippen molar-refractivity contribution in [1.29, 1.82) is 5.26 Å². The largest absolute Gasteiger partial charge is 0.468 e. The van der Waals surface area contributed by atoms with Crippen molar-refractivity contribution in [3.8, 4) is 6.07 Å². The summed E-state index contributed by atoms with van der Waals surface area (Å²) in [6, 6.07) is 5.73. The fourth-order valence-electron chi connectivity index (χ4n) is 1.49. The lowest BCUT2D eigenvalue weighted by atomic mass is 10.2. The summed E-state index contributed by atoms with van der Waals surface area (Å²) in [5.74, 6) is -0.666. The second-order valence-electron chi connectivity index (χ2n) is 3.76. The van der Waals surface area contributed by atoms with E-state index in [-0.39, 0.29) is 22.0 Å². The molecule has 1 rings (SSSR count). The predicted octanol–water partition coefficient (Wildman–Crippen LogP) is 1.40. The van der Waals surface area contributed by atoms with Gasteiger partial charge in [0.15, 0.2) is 0 Å². The molecule has 0 aromatic heterocycles. The molecule has 20 heavy (non-hydrogen) atoms. The van der Waals surface area contributed by atoms with Gasteiger partial charge in [-0.1, -0.05) is 18.5 Å². The minimum atomic E-state index is -3.92. The zero-order chi connectivity index (χ0) is 15.3. The molecule has 0 saturated carbocycles. The van der Waals surface area contributed by atoms with Gasteiger partial charge in [0.25, 0.3) is 0 Å². The Morgan fingerprint density at radius 1 is 1.50 bits per heavy atom. The topological polar surface area (TPSA) is 87.5 Å². The summed E-state index contributed by atoms with van der Waals surface area (Å²) in [5, 5.41) is 8.67. The highest BCUT2D eigenvalue weighted by Gasteiger charge is 2.27. The van der Waals surface area contributed by atoms with E-state index in [1.165, 1.54) is 25.3 Å². The Morgan fingerprint density at radius 2 is 2.15 bits per heavy atom. The predicted molar refractivity (Wildman–Crippen MR) is 72.6 cm³/mol. The normalized spacial score (nSPS) is 11.2. The maximum Gasteiger partial charge on any atom is 0.321 e. The zero-order valence-electron chi connectivity index (χ0n) is 11.0. The molecule has 0 bridgehead atoms. The van der Waals surface area contributed by atoms with Crippen LogP contribution >= 0.6 is 11.6 Å². The van der Waals surface area contributed by atoms with E-state index in [0.29, 0.717) is 0 Å². The second kappa shape index (κ2) is 6.70. The third-order valence-corrected chi connectivity index (χ3v) is 4.97. The van der Waals surface area contributed by atoms with Gasteiger partial charge >= 0.3 is 5.97 Å². The molecule has 1 aromatic carbocycles. The number of esters is 1. The minimum absolute atomic E-state index is 0.0626. The standard InChI is InChI=1S/C12H13ClN2O4S/c1-3-15(8-12(16)19-2)20(17,18)11-5-4-9(7-14)6-10(11)13/h4-6H,3,8H2,1-2H3. The first-order valence-electron chi connectivity index (χ1n) is 5.63. The number of hydrogen-bond acceptors (Lipinski definition) is 5. The average molecular weight is 317 g/mol. The average Bonchev–Trinajstić information content (AvgIpc) is 2.43. The third kappa shape index (κ3) is 3.48. The Hall–Kier alpha value is -1.62. The van der Waals surface area contributed by atoms with Gasteiger partial charge in [-0.05, 0) is 18.2 Å². The first-order chi connectivity index (χ1) is 9.36. The van der Waals surface area contributed by atoms with Crippen molar-refractivity contribution in [2.75, 3.05) is 20.2 Å². The molecule has 0 unspecified atom stereocenters. The molecule has 6 nitrogen and oxygen atoms in total. The van der Waals surface area contributed by atoms with Gasteiger partial charge in [-0.2, -0.15) is 9.57 Å². The molecular weight excluding hydrogens is 304 g/mol. The van der Waals surface area contributed by atoms with E-state index in [1.54, 1.807) is 6.92 Å². The Morgan fingerprint density at radius 3 is 2.60 bits per heavy atom. The molecule has 1 aromatic rings. The lowest BCUT2D eigenvalue weighted by molar-refractivity contribution is -0.140. The molecule has 108 valence electrons. The van der Waals surface area contributed by atoms with Gasteiger partial charge < -0.3 is 4.74 Å². The monoisotopic (exact) mass is 316 g/mol. The van der Waals surface area contributed by atoms with E-state index in [4.69, 9.17) is 16.9 Å². The number of rotatable bonds is 5. The van der Waals surface area contributed by atoms with Gasteiger partial charge in [-0.25, -0.2) is 8.42 Å². The summed E-state index contributed by atoms with van der Waals surface area (Å²) in [5.41, 5.74) is 0.255. The molecule has 0 radical (unpaired) electrons. The van der Waals surface area contributed by atoms with Crippen molar-refractivity contribution in [2.24, 2.45) is 0 Å². The van der Waals surface area contributed by atoms with Gasteiger partial charge in [0, 0.05) is 6.54 Å². The number of methoxy groups -OCH3 is 1. The van der Waals surface area contributed by atoms with E-state index < -0.39 is 22.5 Å². The van der Waals surface area contributed by atoms with Crippen molar-refractivity contribution in [3.05, 3.63) is 28.8 Å². The molecule has 0 spiro atoms. The maximum atomic E-state index is 12.4. The van der Waals surface area contributed by atoms with Gasteiger partial charge in [-0.15, -0.1) is 0 Å². The molecule has 0 fully saturated rings. The summed E-state index contributed by atoms with van der Waals surface area (Å²) in [6.07, 6.45) is 0. The first-order valence-corrected chi connectivity index (χ1v) is 7.45. The second-order valence-corrected chi connectivity index (χ2v) is 6.08. The van der Waals surface area contributed by atoms with E-state index in [9.17, 15) is 13.2 Å². The van der Waals surface area contributed by atoms with E-state index in [2.05, 4.69) is 4.74 Å². The summed E-state index contributed by atoms with van der Waals surface area (Å²) in [4.78, 5) is 11.1. The van der Waals surface area contributed by atoms with Crippen LogP contribution < -0.4 is 0 Å². The van der Waals surface area contributed by atoms with Crippen LogP contribution in [0.25, 0.3) is 0 Å². The highest BCUT2D eigenvalue weighted by Crippen LogP contribution is 2.25. The van der Waals surface area contributed by atoms with Crippen LogP contribution in [0.3, 0.4) is 0 Å². The lowest BCUT2D eigenvalue weighted by Crippen LogP contribution is -2.36. The van der Waals surface area contributed by atoms with Crippen LogP contribution in [-0.4, -0.2) is 38.9 Å². The van der Waals surface area contributed by atoms with Crippen LogP contribution in [-0.2, 0) is 19.6 Å². The molecule has 0 heterocycles. The summed E-state index contributed by atoms with van der Waals surface area (Å²) in [6.45, 7) is 1.29. The number of likely N-dealkylation sites (N-methyl/N-ethyl adjacent to an activating group) is 1. The molecule has 0 atom stereocenters. The minimum Gasteiger partial charge on any atom is -0.468 e. The summed E-state index contributed by atoms with van der Waals surface area (Å²) >= 11 is 5.89. The van der Waals surface area contributed by atoms with Crippen LogP contribution in [0.4, 0.5) is 0 Å². The van der Waals surface area contributed by atoms with Crippen LogP contribution in [0, 0.1) is 11.3 Å². The maximum absolute atomic E-state index is 12.4. The molecule has 0 aliphatic rings. The number of nitriles is 1. The summed E-state index contributed by atoms with van der Waals surface area (Å²) < 4.78 is 30.2. The number of carbonyl (C=O) groups is 1. The van der Waals surface area contributed by atoms with E-state index in [1.807, 2.05) is 6.07 Å². The van der Waals surface area contributed by atoms with Crippen LogP contribution in [0.5, 0.6) is 0 Å². The molecule has 0 N–H and O–H groups in total. The SMILES string of the molecule is CCN(CC(=O)OC)S(=O)(=O)c1ccc(C#N)cc1Cl. The smallest absolute Gasteiger partial charge is 0.321 e. The number of hydrogen-bond donors (Lipinski definition) is 0. The molecule has 8 heteroatoms. The van der Waals surface area contributed by atoms with Crippen LogP contribution in [0.1, 0.15) is 12.5 Å². The number of carbonyl (C=O) groups excluding carboxylic acids is 1. The van der Waals surface area contributed by atoms with Crippen molar-refractivity contribution < 1.29 is 17.9 Å². The fraction of sp³-hybridized carbons (Fsp3) is 0.333. The first kappa shape index (κ1) is 16.4. The lowest BCUT2D eigenvalue weighted by Gasteiger charge is -2.19. The van der Waals surface area contributed by atoms with E-state index >= 15 is 0 Å². The van der Waals surface area contributed by atoms with Gasteiger partial charge in [-0.3, -0.25) is 4.79 Å². The highest BCUT2D eigenvalue weighted by molar-refractivity contribution is 7.89. The third-order valence-electron chi connectivity index (χ3n) is 2.56. The molecule has 0 saturated heterocycles. The quantitative estimate of drug-likeness (QED) is 0.766. The van der Waals surface area contributed by atoms with Gasteiger partial charge in [0.2, 0.25) is 10.0 Å². The number of nitrogens with zero attached hydrogens (tertiary/aromatic N) is 2. The number of halogens is 1. The van der Waals surface area contributed by atoms with E-state index in [0.717, 1.165) is 4.31 Å². The van der Waals surface area contributed by atoms with Crippen LogP contribution in [0.2, 0.25) is 5.02 Å². The van der Waals surface area contributed by atoms with Crippen molar-refractivity contribution in [2.45, 2.75) is 11.8 Å². The van der Waals surface area contributed by atoms with Crippen LogP contribution in [0.15, 0.2) is 23.1 Å². The Balaban J connectivity index is 3.21. The van der Waals surface area contributed by atoms with Crippen molar-refractivity contribution in [3.63, 3.8) is 0 Å². The molecular formula is C12H13ClN2O4S. The number of ether oxygens (including phenoxy) is 1. The fourth-order valence-corrected chi connectivity index (χ4v) is 3.41. The van der Waals surface area contributed by atoms with Gasteiger partial charge in [0.05, 0.1) is 23.8 Å². The molecule has 0 aliphatic carbocycles. The number of sulfonamides is 1. The zero-order valence-corrected chi connectivity index (χ0v) is 12.5.